The van der Waals surface area contributed by atoms with Crippen LogP contribution < -0.4 is 36.8 Å². The molecule has 0 spiro atoms. The third-order valence-corrected chi connectivity index (χ3v) is 7.73. The number of piperidine rings is 1. The van der Waals surface area contributed by atoms with Gasteiger partial charge in [0.1, 0.15) is 43.0 Å². The van der Waals surface area contributed by atoms with Crippen molar-refractivity contribution in [3.05, 3.63) is 29.6 Å². The van der Waals surface area contributed by atoms with E-state index in [0.29, 0.717) is 36.0 Å². The third-order valence-electron chi connectivity index (χ3n) is 7.73. The Labute approximate surface area is 192 Å². The Kier molecular flexibility index (Phi) is 5.52. The second kappa shape index (κ2) is 8.22. The van der Waals surface area contributed by atoms with Crippen molar-refractivity contribution in [2.75, 3.05) is 43.0 Å². The number of halogens is 1. The van der Waals surface area contributed by atoms with Crippen molar-refractivity contribution in [2.45, 2.75) is 24.8 Å². The SMILES string of the molecule is Bc1c(B)c(OCCCN2CC[C@H]3[C@@H](C2)c2cccc4c2N3CC(=O)N4)c(B)c(B)c1F. The number of fused-ring (bicyclic) bond motifs is 3. The summed E-state index contributed by atoms with van der Waals surface area (Å²) in [6.45, 7) is 4.12. The molecule has 1 N–H and O–H groups in total. The van der Waals surface area contributed by atoms with Gasteiger partial charge in [-0.3, -0.25) is 4.79 Å². The first kappa shape index (κ1) is 21.5. The summed E-state index contributed by atoms with van der Waals surface area (Å²) in [4.78, 5) is 17.0. The highest BCUT2D eigenvalue weighted by molar-refractivity contribution is 6.57. The number of ether oxygens (including phenoxy) is 1. The lowest BCUT2D eigenvalue weighted by atomic mass is 9.69. The highest BCUT2D eigenvalue weighted by atomic mass is 19.1. The molecule has 0 unspecified atom stereocenters. The number of amides is 1. The highest BCUT2D eigenvalue weighted by Gasteiger charge is 2.45. The summed E-state index contributed by atoms with van der Waals surface area (Å²) < 4.78 is 20.4. The molecule has 2 aromatic carbocycles. The summed E-state index contributed by atoms with van der Waals surface area (Å²) in [6.07, 6.45) is 2.00. The average Bonchev–Trinajstić information content (AvgIpc) is 3.10. The van der Waals surface area contributed by atoms with Crippen molar-refractivity contribution < 1.29 is 13.9 Å². The van der Waals surface area contributed by atoms with E-state index in [-0.39, 0.29) is 11.7 Å². The fraction of sp³-hybridized carbons (Fsp3) is 0.409. The van der Waals surface area contributed by atoms with Crippen LogP contribution in [0.1, 0.15) is 24.3 Å². The fourth-order valence-electron chi connectivity index (χ4n) is 5.79. The minimum Gasteiger partial charge on any atom is -0.495 e. The number of nitrogens with one attached hydrogen (secondary N) is 1. The first-order valence-corrected chi connectivity index (χ1v) is 11.7. The summed E-state index contributed by atoms with van der Waals surface area (Å²) >= 11 is 0. The quantitative estimate of drug-likeness (QED) is 0.393. The van der Waals surface area contributed by atoms with E-state index in [0.717, 1.165) is 54.8 Å². The number of carbonyl (C=O) groups excluding carboxylic acids is 1. The molecule has 3 heterocycles. The molecule has 5 nitrogen and oxygen atoms in total. The van der Waals surface area contributed by atoms with Gasteiger partial charge in [-0.05, 0) is 24.5 Å². The van der Waals surface area contributed by atoms with Gasteiger partial charge in [-0.15, -0.1) is 0 Å². The minimum absolute atomic E-state index is 0.0896. The normalized spacial score (nSPS) is 21.8. The van der Waals surface area contributed by atoms with Crippen molar-refractivity contribution in [3.63, 3.8) is 0 Å². The van der Waals surface area contributed by atoms with Crippen LogP contribution in [0.2, 0.25) is 0 Å². The minimum atomic E-state index is -0.120. The number of carbonyl (C=O) groups is 1. The molecule has 0 saturated carbocycles. The van der Waals surface area contributed by atoms with Gasteiger partial charge in [0.2, 0.25) is 5.91 Å². The zero-order valence-corrected chi connectivity index (χ0v) is 19.4. The molecule has 2 atom stereocenters. The number of benzene rings is 2. The Morgan fingerprint density at radius 3 is 2.62 bits per heavy atom. The maximum atomic E-state index is 14.3. The number of anilines is 2. The number of rotatable bonds is 5. The second-order valence-electron chi connectivity index (χ2n) is 9.53. The van der Waals surface area contributed by atoms with Gasteiger partial charge >= 0.3 is 0 Å². The largest absolute Gasteiger partial charge is 0.495 e. The van der Waals surface area contributed by atoms with Crippen LogP contribution in [-0.4, -0.2) is 81.0 Å². The van der Waals surface area contributed by atoms with Crippen LogP contribution in [0.4, 0.5) is 15.8 Å². The van der Waals surface area contributed by atoms with Gasteiger partial charge in [0.15, 0.2) is 0 Å². The van der Waals surface area contributed by atoms with Gasteiger partial charge in [-0.1, -0.05) is 34.0 Å². The van der Waals surface area contributed by atoms with E-state index in [1.807, 2.05) is 37.5 Å². The molecule has 162 valence electrons. The van der Waals surface area contributed by atoms with Crippen LogP contribution in [0.3, 0.4) is 0 Å². The van der Waals surface area contributed by atoms with Gasteiger partial charge in [0.25, 0.3) is 0 Å². The molecule has 0 aromatic heterocycles. The van der Waals surface area contributed by atoms with Gasteiger partial charge in [0.05, 0.1) is 24.5 Å². The van der Waals surface area contributed by atoms with Gasteiger partial charge in [-0.25, -0.2) is 4.39 Å². The number of para-hydroxylation sites is 1. The molecule has 0 bridgehead atoms. The Hall–Kier alpha value is -2.34. The van der Waals surface area contributed by atoms with E-state index in [1.54, 1.807) is 0 Å². The predicted octanol–water partition coefficient (Wildman–Crippen LogP) is -3.74. The molecule has 1 fully saturated rings. The van der Waals surface area contributed by atoms with Crippen molar-refractivity contribution in [3.8, 4) is 5.75 Å². The van der Waals surface area contributed by atoms with E-state index >= 15 is 0 Å². The van der Waals surface area contributed by atoms with E-state index in [9.17, 15) is 9.18 Å². The zero-order chi connectivity index (χ0) is 22.6. The van der Waals surface area contributed by atoms with Crippen LogP contribution in [0.5, 0.6) is 5.75 Å². The Balaban J connectivity index is 1.22. The zero-order valence-electron chi connectivity index (χ0n) is 19.4. The lowest BCUT2D eigenvalue weighted by Gasteiger charge is -2.39. The van der Waals surface area contributed by atoms with E-state index in [2.05, 4.69) is 27.2 Å². The smallest absolute Gasteiger partial charge is 0.243 e. The summed E-state index contributed by atoms with van der Waals surface area (Å²) in [7, 11) is 7.52. The fourth-order valence-corrected chi connectivity index (χ4v) is 5.79. The van der Waals surface area contributed by atoms with Gasteiger partial charge in [-0.2, -0.15) is 0 Å². The van der Waals surface area contributed by atoms with Crippen LogP contribution in [-0.2, 0) is 4.79 Å². The maximum absolute atomic E-state index is 14.3. The molecule has 3 aliphatic rings. The molecule has 3 aliphatic heterocycles. The Bertz CT molecular complexity index is 1070. The van der Waals surface area contributed by atoms with Crippen LogP contribution in [0.15, 0.2) is 18.2 Å². The monoisotopic (exact) mass is 429 g/mol. The van der Waals surface area contributed by atoms with Crippen LogP contribution in [0.25, 0.3) is 0 Å². The maximum Gasteiger partial charge on any atom is 0.243 e. The van der Waals surface area contributed by atoms with E-state index in [1.165, 1.54) is 11.3 Å². The van der Waals surface area contributed by atoms with Crippen LogP contribution >= 0.6 is 0 Å². The molecule has 0 radical (unpaired) electrons. The summed E-state index contributed by atoms with van der Waals surface area (Å²) in [5.74, 6) is 1.25. The first-order chi connectivity index (χ1) is 15.4. The number of likely N-dealkylation sites (tertiary alicyclic amines) is 1. The molecule has 1 saturated heterocycles. The summed E-state index contributed by atoms with van der Waals surface area (Å²) in [5, 5.41) is 3.04. The van der Waals surface area contributed by atoms with Gasteiger partial charge < -0.3 is 19.9 Å². The van der Waals surface area contributed by atoms with Crippen molar-refractivity contribution in [1.29, 1.82) is 0 Å². The summed E-state index contributed by atoms with van der Waals surface area (Å²) in [6, 6.07) is 6.72. The van der Waals surface area contributed by atoms with Crippen LogP contribution in [0, 0.1) is 5.82 Å². The molecule has 0 aliphatic carbocycles. The highest BCUT2D eigenvalue weighted by Crippen LogP contribution is 2.49. The Morgan fingerprint density at radius 2 is 1.88 bits per heavy atom. The topological polar surface area (TPSA) is 44.8 Å². The standard InChI is InChI=1S/C22H28B4FN3O2/c23-16-18(25)22(19(26)17(24)20(16)27)32-8-2-6-29-7-5-14-12(9-29)11-3-1-4-13-21(11)30(14)10-15(31)28-13/h1,3-4,12,14H,2,5-10,23-26H2,(H,28,31)/t12-,14-/m0/s1. The molecule has 2 aromatic rings. The number of hydrogen-bond donors (Lipinski definition) is 1. The Morgan fingerprint density at radius 1 is 1.12 bits per heavy atom. The molecule has 5 rings (SSSR count). The molecular formula is C22H28B4FN3O2. The van der Waals surface area contributed by atoms with Gasteiger partial charge in [0, 0.05) is 31.6 Å². The number of hydrogen-bond acceptors (Lipinski definition) is 4. The third kappa shape index (κ3) is 3.43. The summed E-state index contributed by atoms with van der Waals surface area (Å²) in [5.41, 5.74) is 6.73. The van der Waals surface area contributed by atoms with Crippen molar-refractivity contribution in [2.24, 2.45) is 0 Å². The predicted molar refractivity (Wildman–Crippen MR) is 139 cm³/mol. The lowest BCUT2D eigenvalue weighted by Crippen LogP contribution is -2.49. The molecule has 10 heteroatoms. The first-order valence-electron chi connectivity index (χ1n) is 11.7. The molecular weight excluding hydrogens is 401 g/mol. The second-order valence-corrected chi connectivity index (χ2v) is 9.53. The average molecular weight is 429 g/mol. The molecule has 1 amide bonds. The molecule has 32 heavy (non-hydrogen) atoms. The van der Waals surface area contributed by atoms with Crippen molar-refractivity contribution >= 4 is 70.5 Å². The van der Waals surface area contributed by atoms with E-state index in [4.69, 9.17) is 4.74 Å². The lowest BCUT2D eigenvalue weighted by molar-refractivity contribution is -0.115. The van der Waals surface area contributed by atoms with E-state index < -0.39 is 0 Å². The number of nitrogens with zero attached hydrogens (tertiary/aromatic N) is 2. The van der Waals surface area contributed by atoms with Crippen molar-refractivity contribution in [1.82, 2.24) is 4.90 Å².